The maximum atomic E-state index is 12.6. The highest BCUT2D eigenvalue weighted by Gasteiger charge is 2.27. The topological polar surface area (TPSA) is 51.0 Å². The van der Waals surface area contributed by atoms with Gasteiger partial charge < -0.3 is 4.90 Å². The van der Waals surface area contributed by atoms with Crippen LogP contribution in [0, 0.1) is 0 Å². The van der Waals surface area contributed by atoms with E-state index in [0.717, 1.165) is 33.8 Å². The fourth-order valence-electron chi connectivity index (χ4n) is 3.31. The van der Waals surface area contributed by atoms with Crippen molar-refractivity contribution in [2.24, 2.45) is 7.05 Å². The molecule has 0 aliphatic carbocycles. The quantitative estimate of drug-likeness (QED) is 0.691. The molecular weight excluding hydrogens is 300 g/mol. The van der Waals surface area contributed by atoms with Crippen LogP contribution in [0.5, 0.6) is 0 Å². The summed E-state index contributed by atoms with van der Waals surface area (Å²) in [4.78, 5) is 14.5. The smallest absolute Gasteiger partial charge is 0.227 e. The number of hydrogen-bond donors (Lipinski definition) is 0. The standard InChI is InChI=1S/C19H18N4O/c1-3-17(24)23-12-13-8-4-5-9-14(13)18-19(22(2)21-20-18)15-10-6-7-11-16(15)23/h4-11H,3,12H2,1-2H3. The molecule has 0 atom stereocenters. The SMILES string of the molecule is CCC(=O)N1Cc2ccccc2-c2nnn(C)c2-c2ccccc21. The largest absolute Gasteiger partial charge is 0.307 e. The van der Waals surface area contributed by atoms with E-state index in [2.05, 4.69) is 16.4 Å². The van der Waals surface area contributed by atoms with Crippen molar-refractivity contribution >= 4 is 11.6 Å². The zero-order chi connectivity index (χ0) is 16.7. The highest BCUT2D eigenvalue weighted by atomic mass is 16.2. The van der Waals surface area contributed by atoms with E-state index >= 15 is 0 Å². The van der Waals surface area contributed by atoms with Gasteiger partial charge in [-0.2, -0.15) is 0 Å². The number of aromatic nitrogens is 3. The maximum Gasteiger partial charge on any atom is 0.227 e. The molecule has 1 aliphatic rings. The highest BCUT2D eigenvalue weighted by molar-refractivity contribution is 6.00. The van der Waals surface area contributed by atoms with Gasteiger partial charge in [0.15, 0.2) is 0 Å². The van der Waals surface area contributed by atoms with Crippen LogP contribution < -0.4 is 4.90 Å². The number of fused-ring (bicyclic) bond motifs is 5. The van der Waals surface area contributed by atoms with Gasteiger partial charge in [0.2, 0.25) is 5.91 Å². The first-order valence-corrected chi connectivity index (χ1v) is 8.08. The van der Waals surface area contributed by atoms with Crippen LogP contribution in [0.15, 0.2) is 48.5 Å². The first kappa shape index (κ1) is 14.6. The van der Waals surface area contributed by atoms with Crippen LogP contribution in [0.4, 0.5) is 5.69 Å². The Morgan fingerprint density at radius 2 is 1.79 bits per heavy atom. The summed E-state index contributed by atoms with van der Waals surface area (Å²) < 4.78 is 1.78. The Morgan fingerprint density at radius 1 is 1.08 bits per heavy atom. The molecule has 4 rings (SSSR count). The monoisotopic (exact) mass is 318 g/mol. The Kier molecular flexibility index (Phi) is 3.41. The number of amides is 1. The maximum absolute atomic E-state index is 12.6. The summed E-state index contributed by atoms with van der Waals surface area (Å²) in [7, 11) is 1.89. The van der Waals surface area contributed by atoms with E-state index in [1.165, 1.54) is 0 Å². The molecule has 0 unspecified atom stereocenters. The molecule has 2 aromatic carbocycles. The molecule has 0 saturated heterocycles. The molecule has 1 aliphatic heterocycles. The van der Waals surface area contributed by atoms with Crippen LogP contribution in [0.1, 0.15) is 18.9 Å². The van der Waals surface area contributed by atoms with E-state index in [4.69, 9.17) is 0 Å². The van der Waals surface area contributed by atoms with Crippen LogP contribution in [0.3, 0.4) is 0 Å². The Hall–Kier alpha value is -2.95. The number of para-hydroxylation sites is 1. The molecule has 0 bridgehead atoms. The van der Waals surface area contributed by atoms with E-state index in [1.54, 1.807) is 4.68 Å². The van der Waals surface area contributed by atoms with Gasteiger partial charge >= 0.3 is 0 Å². The fourth-order valence-corrected chi connectivity index (χ4v) is 3.31. The van der Waals surface area contributed by atoms with Crippen LogP contribution in [-0.4, -0.2) is 20.9 Å². The average molecular weight is 318 g/mol. The number of benzene rings is 2. The lowest BCUT2D eigenvalue weighted by atomic mass is 9.95. The fraction of sp³-hybridized carbons (Fsp3) is 0.211. The van der Waals surface area contributed by atoms with Gasteiger partial charge in [0, 0.05) is 24.6 Å². The van der Waals surface area contributed by atoms with Crippen molar-refractivity contribution in [1.29, 1.82) is 0 Å². The van der Waals surface area contributed by atoms with Crippen molar-refractivity contribution in [3.8, 4) is 22.5 Å². The first-order valence-electron chi connectivity index (χ1n) is 8.08. The number of aryl methyl sites for hydroxylation is 1. The van der Waals surface area contributed by atoms with Crippen molar-refractivity contribution in [2.45, 2.75) is 19.9 Å². The van der Waals surface area contributed by atoms with E-state index in [0.29, 0.717) is 13.0 Å². The summed E-state index contributed by atoms with van der Waals surface area (Å²) in [5.74, 6) is 0.107. The zero-order valence-corrected chi connectivity index (χ0v) is 13.7. The summed E-state index contributed by atoms with van der Waals surface area (Å²) in [5, 5.41) is 8.63. The second kappa shape index (κ2) is 5.60. The van der Waals surface area contributed by atoms with Crippen molar-refractivity contribution in [3.63, 3.8) is 0 Å². The number of nitrogens with zero attached hydrogens (tertiary/aromatic N) is 4. The molecule has 5 heteroatoms. The van der Waals surface area contributed by atoms with Gasteiger partial charge in [0.25, 0.3) is 0 Å². The highest BCUT2D eigenvalue weighted by Crippen LogP contribution is 2.40. The number of anilines is 1. The van der Waals surface area contributed by atoms with Gasteiger partial charge in [-0.25, -0.2) is 4.68 Å². The normalized spacial score (nSPS) is 12.7. The van der Waals surface area contributed by atoms with Crippen LogP contribution >= 0.6 is 0 Å². The van der Waals surface area contributed by atoms with Crippen LogP contribution in [0.25, 0.3) is 22.5 Å². The summed E-state index contributed by atoms with van der Waals surface area (Å²) in [6.45, 7) is 2.43. The van der Waals surface area contributed by atoms with Crippen molar-refractivity contribution in [1.82, 2.24) is 15.0 Å². The second-order valence-corrected chi connectivity index (χ2v) is 5.92. The third kappa shape index (κ3) is 2.12. The van der Waals surface area contributed by atoms with Gasteiger partial charge in [-0.1, -0.05) is 54.6 Å². The molecule has 1 aromatic heterocycles. The van der Waals surface area contributed by atoms with E-state index in [-0.39, 0.29) is 5.91 Å². The molecule has 1 amide bonds. The second-order valence-electron chi connectivity index (χ2n) is 5.92. The number of carbonyl (C=O) groups excluding carboxylic acids is 1. The first-order chi connectivity index (χ1) is 11.7. The molecule has 24 heavy (non-hydrogen) atoms. The molecular formula is C19H18N4O. The Bertz CT molecular complexity index is 929. The minimum absolute atomic E-state index is 0.107. The zero-order valence-electron chi connectivity index (χ0n) is 13.7. The summed E-state index contributed by atoms with van der Waals surface area (Å²) >= 11 is 0. The van der Waals surface area contributed by atoms with E-state index < -0.39 is 0 Å². The molecule has 0 radical (unpaired) electrons. The molecule has 5 nitrogen and oxygen atoms in total. The number of hydrogen-bond acceptors (Lipinski definition) is 3. The Morgan fingerprint density at radius 3 is 2.58 bits per heavy atom. The molecule has 0 fully saturated rings. The van der Waals surface area contributed by atoms with Crippen molar-refractivity contribution < 1.29 is 4.79 Å². The van der Waals surface area contributed by atoms with Gasteiger partial charge in [-0.05, 0) is 11.6 Å². The summed E-state index contributed by atoms with van der Waals surface area (Å²) in [6.07, 6.45) is 0.465. The Labute approximate surface area is 140 Å². The van der Waals surface area contributed by atoms with Gasteiger partial charge in [-0.3, -0.25) is 4.79 Å². The van der Waals surface area contributed by atoms with Crippen LogP contribution in [-0.2, 0) is 18.4 Å². The lowest BCUT2D eigenvalue weighted by molar-refractivity contribution is -0.118. The van der Waals surface area contributed by atoms with E-state index in [1.807, 2.05) is 61.3 Å². The molecule has 2 heterocycles. The third-order valence-corrected chi connectivity index (χ3v) is 4.48. The van der Waals surface area contributed by atoms with E-state index in [9.17, 15) is 4.79 Å². The van der Waals surface area contributed by atoms with Crippen LogP contribution in [0.2, 0.25) is 0 Å². The Balaban J connectivity index is 2.07. The molecule has 0 N–H and O–H groups in total. The lowest BCUT2D eigenvalue weighted by Gasteiger charge is -2.28. The summed E-state index contributed by atoms with van der Waals surface area (Å²) in [5.41, 5.74) is 5.80. The predicted octanol–water partition coefficient (Wildman–Crippen LogP) is 3.41. The molecule has 3 aromatic rings. The minimum atomic E-state index is 0.107. The average Bonchev–Trinajstić information content (AvgIpc) is 2.99. The van der Waals surface area contributed by atoms with Gasteiger partial charge in [-0.15, -0.1) is 5.10 Å². The number of rotatable bonds is 1. The molecule has 0 saturated carbocycles. The molecule has 0 spiro atoms. The predicted molar refractivity (Wildman–Crippen MR) is 93.4 cm³/mol. The minimum Gasteiger partial charge on any atom is -0.307 e. The lowest BCUT2D eigenvalue weighted by Crippen LogP contribution is -2.31. The number of carbonyl (C=O) groups is 1. The molecule has 120 valence electrons. The third-order valence-electron chi connectivity index (χ3n) is 4.48. The van der Waals surface area contributed by atoms with Gasteiger partial charge in [0.1, 0.15) is 5.69 Å². The van der Waals surface area contributed by atoms with Crippen molar-refractivity contribution in [2.75, 3.05) is 4.90 Å². The van der Waals surface area contributed by atoms with Gasteiger partial charge in [0.05, 0.1) is 17.9 Å². The summed E-state index contributed by atoms with van der Waals surface area (Å²) in [6, 6.07) is 16.1. The van der Waals surface area contributed by atoms with Crippen molar-refractivity contribution in [3.05, 3.63) is 54.1 Å².